The standard InChI is InChI=1S/C26H20BrN5O5/c1-15-12-18(27)14-20-22(26(35)31(2)23(15)20)29-30-25(34)21(28-24(33)17-6-4-3-5-7-17)13-16-8-10-19(11-9-16)32(36)37/h3-14,35H,1-2H3,(H,28,33). The van der Waals surface area contributed by atoms with E-state index in [1.54, 1.807) is 48.0 Å². The number of hydrogen-bond donors (Lipinski definition) is 2. The van der Waals surface area contributed by atoms with E-state index in [4.69, 9.17) is 0 Å². The van der Waals surface area contributed by atoms with Gasteiger partial charge in [-0.3, -0.25) is 19.7 Å². The van der Waals surface area contributed by atoms with Gasteiger partial charge in [0.15, 0.2) is 5.69 Å². The number of aromatic hydroxyl groups is 1. The first-order chi connectivity index (χ1) is 17.7. The van der Waals surface area contributed by atoms with Crippen LogP contribution < -0.4 is 5.32 Å². The van der Waals surface area contributed by atoms with Gasteiger partial charge in [-0.1, -0.05) is 34.1 Å². The van der Waals surface area contributed by atoms with Crippen LogP contribution in [-0.2, 0) is 11.8 Å². The van der Waals surface area contributed by atoms with E-state index in [0.29, 0.717) is 16.5 Å². The zero-order valence-electron chi connectivity index (χ0n) is 19.7. The van der Waals surface area contributed by atoms with Crippen LogP contribution in [0.4, 0.5) is 11.4 Å². The first-order valence-electron chi connectivity index (χ1n) is 10.9. The summed E-state index contributed by atoms with van der Waals surface area (Å²) in [4.78, 5) is 36.3. The second-order valence-corrected chi connectivity index (χ2v) is 9.00. The fraction of sp³-hybridized carbons (Fsp3) is 0.0769. The third kappa shape index (κ3) is 5.46. The van der Waals surface area contributed by atoms with Crippen molar-refractivity contribution in [3.63, 3.8) is 0 Å². The molecule has 0 aliphatic heterocycles. The van der Waals surface area contributed by atoms with Gasteiger partial charge in [0.1, 0.15) is 5.70 Å². The van der Waals surface area contributed by atoms with Crippen molar-refractivity contribution >= 4 is 56.1 Å². The van der Waals surface area contributed by atoms with E-state index < -0.39 is 16.7 Å². The molecule has 0 fully saturated rings. The fourth-order valence-electron chi connectivity index (χ4n) is 3.79. The molecule has 1 aromatic heterocycles. The van der Waals surface area contributed by atoms with Crippen molar-refractivity contribution in [2.75, 3.05) is 0 Å². The minimum absolute atomic E-state index is 0.0966. The van der Waals surface area contributed by atoms with Crippen molar-refractivity contribution in [1.29, 1.82) is 0 Å². The van der Waals surface area contributed by atoms with Crippen LogP contribution in [-0.4, -0.2) is 26.4 Å². The molecule has 11 heteroatoms. The summed E-state index contributed by atoms with van der Waals surface area (Å²) < 4.78 is 2.31. The number of amides is 2. The Kier molecular flexibility index (Phi) is 7.25. The maximum atomic E-state index is 13.1. The van der Waals surface area contributed by atoms with Crippen LogP contribution in [0.3, 0.4) is 0 Å². The number of carbonyl (C=O) groups excluding carboxylic acids is 2. The summed E-state index contributed by atoms with van der Waals surface area (Å²) >= 11 is 3.43. The summed E-state index contributed by atoms with van der Waals surface area (Å²) in [6.45, 7) is 1.88. The number of fused-ring (bicyclic) bond motifs is 1. The molecule has 186 valence electrons. The predicted octanol–water partition coefficient (Wildman–Crippen LogP) is 5.94. The number of hydrogen-bond acceptors (Lipinski definition) is 6. The quantitative estimate of drug-likeness (QED) is 0.130. The van der Waals surface area contributed by atoms with Crippen LogP contribution >= 0.6 is 15.9 Å². The molecule has 0 aliphatic rings. The van der Waals surface area contributed by atoms with Gasteiger partial charge in [-0.05, 0) is 60.5 Å². The summed E-state index contributed by atoms with van der Waals surface area (Å²) in [5, 5.41) is 32.5. The van der Waals surface area contributed by atoms with Crippen molar-refractivity contribution in [3.05, 3.63) is 104 Å². The highest BCUT2D eigenvalue weighted by molar-refractivity contribution is 9.10. The molecule has 0 atom stereocenters. The van der Waals surface area contributed by atoms with Crippen LogP contribution in [0.2, 0.25) is 0 Å². The molecule has 10 nitrogen and oxygen atoms in total. The molecule has 0 bridgehead atoms. The Morgan fingerprint density at radius 2 is 1.78 bits per heavy atom. The molecule has 37 heavy (non-hydrogen) atoms. The predicted molar refractivity (Wildman–Crippen MR) is 142 cm³/mol. The van der Waals surface area contributed by atoms with Crippen LogP contribution in [0, 0.1) is 17.0 Å². The zero-order chi connectivity index (χ0) is 26.7. The third-order valence-corrected chi connectivity index (χ3v) is 6.01. The Morgan fingerprint density at radius 3 is 2.43 bits per heavy atom. The summed E-state index contributed by atoms with van der Waals surface area (Å²) in [7, 11) is 1.67. The SMILES string of the molecule is Cc1cc(Br)cc2c(N=NC(=O)C(=Cc3ccc([N+](=O)[O-])cc3)NC(=O)c3ccccc3)c(O)n(C)c12. The number of nitro groups is 1. The number of azo groups is 1. The number of non-ortho nitro benzene ring substituents is 1. The summed E-state index contributed by atoms with van der Waals surface area (Å²) in [6, 6.07) is 17.4. The van der Waals surface area contributed by atoms with Gasteiger partial charge in [-0.2, -0.15) is 0 Å². The molecule has 1 heterocycles. The minimum atomic E-state index is -0.884. The van der Waals surface area contributed by atoms with Crippen LogP contribution in [0.25, 0.3) is 17.0 Å². The van der Waals surface area contributed by atoms with Gasteiger partial charge in [0, 0.05) is 34.6 Å². The molecule has 0 saturated heterocycles. The van der Waals surface area contributed by atoms with Crippen molar-refractivity contribution in [2.24, 2.45) is 17.3 Å². The molecule has 2 amide bonds. The molecule has 0 saturated carbocycles. The number of aromatic nitrogens is 1. The summed E-state index contributed by atoms with van der Waals surface area (Å²) in [5.74, 6) is -1.61. The highest BCUT2D eigenvalue weighted by Crippen LogP contribution is 2.40. The lowest BCUT2D eigenvalue weighted by atomic mass is 10.1. The van der Waals surface area contributed by atoms with Crippen molar-refractivity contribution in [2.45, 2.75) is 6.92 Å². The Labute approximate surface area is 219 Å². The number of nitrogens with one attached hydrogen (secondary N) is 1. The van der Waals surface area contributed by atoms with E-state index in [1.807, 2.05) is 13.0 Å². The molecular weight excluding hydrogens is 542 g/mol. The van der Waals surface area contributed by atoms with E-state index in [0.717, 1.165) is 15.6 Å². The molecule has 4 rings (SSSR count). The normalized spacial score (nSPS) is 11.7. The number of nitro benzene ring substituents is 1. The first-order valence-corrected chi connectivity index (χ1v) is 11.7. The number of aryl methyl sites for hydroxylation is 2. The third-order valence-electron chi connectivity index (χ3n) is 5.56. The van der Waals surface area contributed by atoms with E-state index >= 15 is 0 Å². The fourth-order valence-corrected chi connectivity index (χ4v) is 4.36. The molecule has 4 aromatic rings. The van der Waals surface area contributed by atoms with Crippen molar-refractivity contribution < 1.29 is 19.6 Å². The lowest BCUT2D eigenvalue weighted by molar-refractivity contribution is -0.384. The van der Waals surface area contributed by atoms with Crippen LogP contribution in [0.5, 0.6) is 5.88 Å². The number of halogens is 1. The Bertz CT molecular complexity index is 1590. The molecule has 0 aliphatic carbocycles. The Hall–Kier alpha value is -4.64. The van der Waals surface area contributed by atoms with Gasteiger partial charge < -0.3 is 15.0 Å². The Morgan fingerprint density at radius 1 is 1.11 bits per heavy atom. The highest BCUT2D eigenvalue weighted by Gasteiger charge is 2.19. The number of rotatable bonds is 6. The lowest BCUT2D eigenvalue weighted by Crippen LogP contribution is -2.26. The first kappa shape index (κ1) is 25.5. The molecule has 2 N–H and O–H groups in total. The maximum Gasteiger partial charge on any atom is 0.311 e. The summed E-state index contributed by atoms with van der Waals surface area (Å²) in [5.41, 5.74) is 2.11. The van der Waals surface area contributed by atoms with Crippen LogP contribution in [0.1, 0.15) is 21.5 Å². The number of nitrogens with zero attached hydrogens (tertiary/aromatic N) is 4. The molecule has 0 radical (unpaired) electrons. The topological polar surface area (TPSA) is 139 Å². The van der Waals surface area contributed by atoms with Crippen molar-refractivity contribution in [3.8, 4) is 5.88 Å². The van der Waals surface area contributed by atoms with E-state index in [1.165, 1.54) is 30.3 Å². The molecule has 0 spiro atoms. The van der Waals surface area contributed by atoms with Gasteiger partial charge in [0.05, 0.1) is 10.4 Å². The maximum absolute atomic E-state index is 13.1. The van der Waals surface area contributed by atoms with Gasteiger partial charge in [-0.25, -0.2) is 0 Å². The van der Waals surface area contributed by atoms with E-state index in [2.05, 4.69) is 31.5 Å². The van der Waals surface area contributed by atoms with Gasteiger partial charge in [-0.15, -0.1) is 10.2 Å². The smallest absolute Gasteiger partial charge is 0.311 e. The minimum Gasteiger partial charge on any atom is -0.493 e. The molecule has 3 aromatic carbocycles. The van der Waals surface area contributed by atoms with Crippen molar-refractivity contribution in [1.82, 2.24) is 9.88 Å². The van der Waals surface area contributed by atoms with E-state index in [-0.39, 0.29) is 23.0 Å². The van der Waals surface area contributed by atoms with Gasteiger partial charge in [0.25, 0.3) is 11.6 Å². The van der Waals surface area contributed by atoms with Crippen LogP contribution in [0.15, 0.2) is 87.1 Å². The largest absolute Gasteiger partial charge is 0.493 e. The zero-order valence-corrected chi connectivity index (χ0v) is 21.3. The average Bonchev–Trinajstić information content (AvgIpc) is 3.11. The van der Waals surface area contributed by atoms with E-state index in [9.17, 15) is 24.8 Å². The summed E-state index contributed by atoms with van der Waals surface area (Å²) in [6.07, 6.45) is 1.34. The molecule has 0 unspecified atom stereocenters. The number of benzene rings is 3. The Balaban J connectivity index is 1.72. The lowest BCUT2D eigenvalue weighted by Gasteiger charge is -2.07. The average molecular weight is 562 g/mol. The van der Waals surface area contributed by atoms with Gasteiger partial charge in [0.2, 0.25) is 5.88 Å². The second-order valence-electron chi connectivity index (χ2n) is 8.08. The number of carbonyl (C=O) groups is 2. The van der Waals surface area contributed by atoms with Gasteiger partial charge >= 0.3 is 5.91 Å². The second kappa shape index (κ2) is 10.5. The highest BCUT2D eigenvalue weighted by atomic mass is 79.9. The monoisotopic (exact) mass is 561 g/mol. The molecular formula is C26H20BrN5O5.